The molecule has 0 bridgehead atoms. The minimum atomic E-state index is 0.175. The molecule has 112 valence electrons. The molecule has 2 aliphatic rings. The van der Waals surface area contributed by atoms with Gasteiger partial charge in [-0.1, -0.05) is 24.9 Å². The minimum absolute atomic E-state index is 0.175. The smallest absolute Gasteiger partial charge is 0.232 e. The van der Waals surface area contributed by atoms with Gasteiger partial charge in [-0.2, -0.15) is 16.7 Å². The van der Waals surface area contributed by atoms with Crippen LogP contribution in [-0.2, 0) is 0 Å². The highest BCUT2D eigenvalue weighted by Gasteiger charge is 2.32. The van der Waals surface area contributed by atoms with E-state index in [9.17, 15) is 0 Å². The molecule has 1 aromatic rings. The quantitative estimate of drug-likeness (QED) is 0.923. The van der Waals surface area contributed by atoms with E-state index in [1.165, 1.54) is 38.5 Å². The second kappa shape index (κ2) is 6.48. The number of nitrogens with zero attached hydrogens (tertiary/aromatic N) is 2. The van der Waals surface area contributed by atoms with E-state index in [0.717, 1.165) is 29.1 Å². The van der Waals surface area contributed by atoms with Crippen LogP contribution in [0, 0.1) is 5.92 Å². The van der Waals surface area contributed by atoms with Crippen molar-refractivity contribution in [3.05, 3.63) is 11.7 Å². The fraction of sp³-hybridized carbons (Fsp3) is 0.867. The van der Waals surface area contributed by atoms with Crippen molar-refractivity contribution in [2.45, 2.75) is 63.3 Å². The van der Waals surface area contributed by atoms with Crippen LogP contribution in [0.3, 0.4) is 0 Å². The molecule has 1 aliphatic heterocycles. The van der Waals surface area contributed by atoms with Gasteiger partial charge in [0, 0.05) is 23.5 Å². The van der Waals surface area contributed by atoms with Gasteiger partial charge in [0.2, 0.25) is 5.89 Å². The Kier molecular flexibility index (Phi) is 4.66. The summed E-state index contributed by atoms with van der Waals surface area (Å²) in [5, 5.41) is 4.24. The van der Waals surface area contributed by atoms with Crippen LogP contribution in [0.1, 0.15) is 69.0 Å². The molecule has 5 heteroatoms. The Labute approximate surface area is 125 Å². The molecule has 0 amide bonds. The lowest BCUT2D eigenvalue weighted by Gasteiger charge is -2.26. The van der Waals surface area contributed by atoms with Crippen LogP contribution >= 0.6 is 11.8 Å². The lowest BCUT2D eigenvalue weighted by molar-refractivity contribution is 0.293. The number of nitrogens with two attached hydrogens (primary N) is 1. The van der Waals surface area contributed by atoms with Crippen LogP contribution in [0.25, 0.3) is 0 Å². The molecule has 4 nitrogen and oxygen atoms in total. The third-order valence-corrected chi connectivity index (χ3v) is 6.02. The second-order valence-electron chi connectivity index (χ2n) is 6.30. The Morgan fingerprint density at radius 2 is 2.05 bits per heavy atom. The van der Waals surface area contributed by atoms with Gasteiger partial charge in [-0.3, -0.25) is 0 Å². The molecular weight excluding hydrogens is 270 g/mol. The summed E-state index contributed by atoms with van der Waals surface area (Å²) in [5.74, 6) is 5.41. The lowest BCUT2D eigenvalue weighted by atomic mass is 9.80. The van der Waals surface area contributed by atoms with E-state index >= 15 is 0 Å². The van der Waals surface area contributed by atoms with Crippen LogP contribution in [0.5, 0.6) is 0 Å². The first-order chi connectivity index (χ1) is 9.78. The maximum atomic E-state index is 6.10. The molecule has 0 aromatic carbocycles. The molecule has 1 aliphatic carbocycles. The molecule has 1 saturated carbocycles. The average molecular weight is 295 g/mol. The molecule has 2 atom stereocenters. The van der Waals surface area contributed by atoms with Crippen LogP contribution in [0.4, 0.5) is 0 Å². The van der Waals surface area contributed by atoms with Gasteiger partial charge in [0.05, 0.1) is 5.92 Å². The molecule has 0 spiro atoms. The number of thioether (sulfide) groups is 1. The average Bonchev–Trinajstić information content (AvgIpc) is 3.08. The first-order valence-corrected chi connectivity index (χ1v) is 9.10. The molecule has 2 heterocycles. The third kappa shape index (κ3) is 3.03. The largest absolute Gasteiger partial charge is 0.339 e. The summed E-state index contributed by atoms with van der Waals surface area (Å²) < 4.78 is 5.49. The predicted octanol–water partition coefficient (Wildman–Crippen LogP) is 3.30. The van der Waals surface area contributed by atoms with E-state index in [-0.39, 0.29) is 12.0 Å². The highest BCUT2D eigenvalue weighted by molar-refractivity contribution is 7.99. The van der Waals surface area contributed by atoms with E-state index in [1.54, 1.807) is 0 Å². The first-order valence-electron chi connectivity index (χ1n) is 7.94. The zero-order chi connectivity index (χ0) is 13.9. The lowest BCUT2D eigenvalue weighted by Crippen LogP contribution is -2.26. The number of aromatic nitrogens is 2. The van der Waals surface area contributed by atoms with Crippen LogP contribution in [-0.4, -0.2) is 27.7 Å². The molecule has 3 rings (SSSR count). The van der Waals surface area contributed by atoms with Crippen molar-refractivity contribution in [3.8, 4) is 0 Å². The van der Waals surface area contributed by atoms with Crippen molar-refractivity contribution in [2.24, 2.45) is 11.7 Å². The molecule has 1 aromatic heterocycles. The fourth-order valence-electron chi connectivity index (χ4n) is 3.51. The van der Waals surface area contributed by atoms with Crippen molar-refractivity contribution >= 4 is 11.8 Å². The second-order valence-corrected chi connectivity index (χ2v) is 7.38. The maximum absolute atomic E-state index is 6.10. The third-order valence-electron chi connectivity index (χ3n) is 4.81. The van der Waals surface area contributed by atoms with Gasteiger partial charge in [0.25, 0.3) is 0 Å². The molecular formula is C15H25N3OS. The van der Waals surface area contributed by atoms with Gasteiger partial charge >= 0.3 is 0 Å². The summed E-state index contributed by atoms with van der Waals surface area (Å²) >= 11 is 1.88. The van der Waals surface area contributed by atoms with Crippen LogP contribution in [0.2, 0.25) is 0 Å². The van der Waals surface area contributed by atoms with Gasteiger partial charge < -0.3 is 10.3 Å². The number of rotatable bonds is 4. The zero-order valence-electron chi connectivity index (χ0n) is 12.3. The molecule has 20 heavy (non-hydrogen) atoms. The van der Waals surface area contributed by atoms with Crippen molar-refractivity contribution in [2.75, 3.05) is 11.5 Å². The number of hydrogen-bond donors (Lipinski definition) is 1. The Bertz CT molecular complexity index is 429. The molecule has 1 saturated heterocycles. The van der Waals surface area contributed by atoms with E-state index in [1.807, 2.05) is 11.8 Å². The molecule has 2 unspecified atom stereocenters. The Balaban J connectivity index is 1.60. The van der Waals surface area contributed by atoms with Gasteiger partial charge in [-0.05, 0) is 31.6 Å². The minimum Gasteiger partial charge on any atom is -0.339 e. The molecule has 0 radical (unpaired) electrons. The fourth-order valence-corrected chi connectivity index (χ4v) is 4.79. The molecule has 2 fully saturated rings. The van der Waals surface area contributed by atoms with Gasteiger partial charge in [-0.25, -0.2) is 0 Å². The Morgan fingerprint density at radius 1 is 1.25 bits per heavy atom. The topological polar surface area (TPSA) is 64.9 Å². The van der Waals surface area contributed by atoms with Crippen LogP contribution < -0.4 is 5.73 Å². The summed E-state index contributed by atoms with van der Waals surface area (Å²) in [6.07, 6.45) is 7.75. The van der Waals surface area contributed by atoms with Crippen molar-refractivity contribution in [1.29, 1.82) is 0 Å². The van der Waals surface area contributed by atoms with Crippen molar-refractivity contribution in [1.82, 2.24) is 10.1 Å². The Morgan fingerprint density at radius 3 is 2.70 bits per heavy atom. The predicted molar refractivity (Wildman–Crippen MR) is 81.9 cm³/mol. The Hall–Kier alpha value is -0.550. The summed E-state index contributed by atoms with van der Waals surface area (Å²) in [5.41, 5.74) is 6.10. The molecule has 2 N–H and O–H groups in total. The highest BCUT2D eigenvalue weighted by Crippen LogP contribution is 2.37. The summed E-state index contributed by atoms with van der Waals surface area (Å²) in [4.78, 5) is 4.67. The monoisotopic (exact) mass is 295 g/mol. The van der Waals surface area contributed by atoms with E-state index in [4.69, 9.17) is 10.3 Å². The van der Waals surface area contributed by atoms with E-state index in [2.05, 4.69) is 17.1 Å². The summed E-state index contributed by atoms with van der Waals surface area (Å²) in [6, 6.07) is 0.175. The number of hydrogen-bond acceptors (Lipinski definition) is 5. The van der Waals surface area contributed by atoms with E-state index in [0.29, 0.717) is 5.92 Å². The van der Waals surface area contributed by atoms with Crippen LogP contribution in [0.15, 0.2) is 4.52 Å². The van der Waals surface area contributed by atoms with E-state index < -0.39 is 0 Å². The highest BCUT2D eigenvalue weighted by atomic mass is 32.2. The summed E-state index contributed by atoms with van der Waals surface area (Å²) in [7, 11) is 0. The van der Waals surface area contributed by atoms with Crippen molar-refractivity contribution < 1.29 is 4.52 Å². The summed E-state index contributed by atoms with van der Waals surface area (Å²) in [6.45, 7) is 2.28. The van der Waals surface area contributed by atoms with Crippen molar-refractivity contribution in [3.63, 3.8) is 0 Å². The first kappa shape index (κ1) is 14.4. The van der Waals surface area contributed by atoms with Gasteiger partial charge in [0.1, 0.15) is 0 Å². The standard InChI is InChI=1S/C15H25N3OS/c1-2-3-10-4-6-11(7-5-10)14-17-15(19-18-14)12-8-20-9-13(12)16/h10-13H,2-9,16H2,1H3. The van der Waals surface area contributed by atoms with Gasteiger partial charge in [-0.15, -0.1) is 0 Å². The maximum Gasteiger partial charge on any atom is 0.232 e. The normalized spacial score (nSPS) is 34.5. The van der Waals surface area contributed by atoms with Gasteiger partial charge in [0.15, 0.2) is 5.82 Å². The zero-order valence-corrected chi connectivity index (χ0v) is 13.1. The SMILES string of the molecule is CCCC1CCC(c2noc(C3CSCC3N)n2)CC1.